The molecule has 0 unspecified atom stereocenters. The molecular weight excluding hydrogens is 366 g/mol. The van der Waals surface area contributed by atoms with E-state index in [1.165, 1.54) is 0 Å². The summed E-state index contributed by atoms with van der Waals surface area (Å²) in [6.45, 7) is 2.03. The highest BCUT2D eigenvalue weighted by Crippen LogP contribution is 2.19. The highest BCUT2D eigenvalue weighted by molar-refractivity contribution is 6.08. The van der Waals surface area contributed by atoms with Crippen LogP contribution in [0.1, 0.15) is 15.9 Å². The number of methoxy groups -OCH3 is 1. The molecule has 0 aromatic heterocycles. The first-order valence-corrected chi connectivity index (χ1v) is 9.20. The smallest absolute Gasteiger partial charge is 0.257 e. The Balaban J connectivity index is 1.62. The predicted octanol–water partition coefficient (Wildman–Crippen LogP) is 4.31. The van der Waals surface area contributed by atoms with Crippen LogP contribution in [0.4, 0.5) is 17.1 Å². The summed E-state index contributed by atoms with van der Waals surface area (Å²) < 4.78 is 5.12. The maximum atomic E-state index is 12.7. The van der Waals surface area contributed by atoms with Crippen molar-refractivity contribution in [1.29, 1.82) is 0 Å². The monoisotopic (exact) mass is 389 g/mol. The zero-order chi connectivity index (χ0) is 20.6. The van der Waals surface area contributed by atoms with E-state index in [2.05, 4.69) is 16.0 Å². The van der Waals surface area contributed by atoms with Crippen molar-refractivity contribution in [2.24, 2.45) is 0 Å². The van der Waals surface area contributed by atoms with Crippen LogP contribution >= 0.6 is 0 Å². The molecule has 0 aliphatic heterocycles. The molecule has 0 heterocycles. The second-order valence-electron chi connectivity index (χ2n) is 6.50. The van der Waals surface area contributed by atoms with Gasteiger partial charge >= 0.3 is 0 Å². The van der Waals surface area contributed by atoms with Gasteiger partial charge in [-0.3, -0.25) is 9.59 Å². The number of hydrogen-bond donors (Lipinski definition) is 3. The number of benzene rings is 3. The van der Waals surface area contributed by atoms with Crippen molar-refractivity contribution in [3.05, 3.63) is 83.9 Å². The van der Waals surface area contributed by atoms with Crippen molar-refractivity contribution >= 4 is 28.9 Å². The maximum Gasteiger partial charge on any atom is 0.257 e. The van der Waals surface area contributed by atoms with Gasteiger partial charge in [0.1, 0.15) is 5.75 Å². The topological polar surface area (TPSA) is 79.5 Å². The summed E-state index contributed by atoms with van der Waals surface area (Å²) >= 11 is 0. The van der Waals surface area contributed by atoms with Crippen LogP contribution in [-0.2, 0) is 4.79 Å². The normalized spacial score (nSPS) is 10.1. The molecule has 148 valence electrons. The molecule has 0 saturated carbocycles. The Kier molecular flexibility index (Phi) is 6.47. The van der Waals surface area contributed by atoms with E-state index in [4.69, 9.17) is 4.74 Å². The van der Waals surface area contributed by atoms with E-state index < -0.39 is 0 Å². The third-order valence-electron chi connectivity index (χ3n) is 4.29. The summed E-state index contributed by atoms with van der Waals surface area (Å²) in [6, 6.07) is 21.7. The Morgan fingerprint density at radius 2 is 1.45 bits per heavy atom. The minimum atomic E-state index is -0.266. The molecule has 0 fully saturated rings. The van der Waals surface area contributed by atoms with Crippen LogP contribution < -0.4 is 20.7 Å². The van der Waals surface area contributed by atoms with Gasteiger partial charge in [-0.1, -0.05) is 29.8 Å². The Morgan fingerprint density at radius 1 is 0.828 bits per heavy atom. The molecule has 3 aromatic rings. The average molecular weight is 389 g/mol. The van der Waals surface area contributed by atoms with Crippen LogP contribution in [0.25, 0.3) is 0 Å². The van der Waals surface area contributed by atoms with Crippen LogP contribution in [0.5, 0.6) is 5.75 Å². The summed E-state index contributed by atoms with van der Waals surface area (Å²) in [5, 5.41) is 8.71. The Bertz CT molecular complexity index is 983. The first-order chi connectivity index (χ1) is 14.0. The molecule has 29 heavy (non-hydrogen) atoms. The van der Waals surface area contributed by atoms with Gasteiger partial charge in [0.15, 0.2) is 0 Å². The summed E-state index contributed by atoms with van der Waals surface area (Å²) in [6.07, 6.45) is 0. The number of amides is 2. The first kappa shape index (κ1) is 19.9. The van der Waals surface area contributed by atoms with Crippen LogP contribution in [0.3, 0.4) is 0 Å². The van der Waals surface area contributed by atoms with Gasteiger partial charge < -0.3 is 20.7 Å². The van der Waals surface area contributed by atoms with E-state index in [0.29, 0.717) is 22.7 Å². The molecule has 6 nitrogen and oxygen atoms in total. The number of anilines is 3. The fraction of sp³-hybridized carbons (Fsp3) is 0.130. The number of carbonyl (C=O) groups excluding carboxylic acids is 2. The van der Waals surface area contributed by atoms with E-state index >= 15 is 0 Å². The molecule has 0 atom stereocenters. The van der Waals surface area contributed by atoms with E-state index in [0.717, 1.165) is 11.3 Å². The molecular formula is C23H23N3O3. The lowest BCUT2D eigenvalue weighted by Crippen LogP contribution is -2.23. The maximum absolute atomic E-state index is 12.7. The lowest BCUT2D eigenvalue weighted by atomic mass is 10.1. The number of nitrogens with one attached hydrogen (secondary N) is 3. The number of ether oxygens (including phenoxy) is 1. The number of para-hydroxylation sites is 1. The van der Waals surface area contributed by atoms with Crippen molar-refractivity contribution in [2.75, 3.05) is 29.6 Å². The predicted molar refractivity (Wildman–Crippen MR) is 116 cm³/mol. The quantitative estimate of drug-likeness (QED) is 0.563. The molecule has 3 N–H and O–H groups in total. The van der Waals surface area contributed by atoms with Crippen molar-refractivity contribution in [3.8, 4) is 5.75 Å². The van der Waals surface area contributed by atoms with Gasteiger partial charge in [-0.05, 0) is 55.5 Å². The first-order valence-electron chi connectivity index (χ1n) is 9.20. The highest BCUT2D eigenvalue weighted by atomic mass is 16.5. The summed E-state index contributed by atoms with van der Waals surface area (Å²) in [5.74, 6) is 0.251. The van der Waals surface area contributed by atoms with E-state index in [-0.39, 0.29) is 18.4 Å². The molecule has 3 rings (SSSR count). The summed E-state index contributed by atoms with van der Waals surface area (Å²) in [5.41, 5.74) is 3.54. The van der Waals surface area contributed by atoms with Crippen LogP contribution in [0.15, 0.2) is 72.8 Å². The summed E-state index contributed by atoms with van der Waals surface area (Å²) in [4.78, 5) is 24.9. The molecule has 0 spiro atoms. The lowest BCUT2D eigenvalue weighted by Gasteiger charge is -2.13. The standard InChI is InChI=1S/C23H23N3O3/c1-16-7-9-17(10-8-16)25-22(27)15-24-21-6-4-3-5-20(21)23(28)26-18-11-13-19(29-2)14-12-18/h3-14,24H,15H2,1-2H3,(H,25,27)(H,26,28). The zero-order valence-corrected chi connectivity index (χ0v) is 16.4. The van der Waals surface area contributed by atoms with E-state index in [1.807, 2.05) is 37.3 Å². The number of rotatable bonds is 7. The number of aryl methyl sites for hydroxylation is 1. The fourth-order valence-electron chi connectivity index (χ4n) is 2.73. The average Bonchev–Trinajstić information content (AvgIpc) is 2.74. The minimum absolute atomic E-state index is 0.0424. The van der Waals surface area contributed by atoms with Crippen LogP contribution in [0, 0.1) is 6.92 Å². The second kappa shape index (κ2) is 9.41. The number of hydrogen-bond acceptors (Lipinski definition) is 4. The zero-order valence-electron chi connectivity index (χ0n) is 16.4. The largest absolute Gasteiger partial charge is 0.497 e. The van der Waals surface area contributed by atoms with Crippen molar-refractivity contribution < 1.29 is 14.3 Å². The van der Waals surface area contributed by atoms with Crippen molar-refractivity contribution in [2.45, 2.75) is 6.92 Å². The van der Waals surface area contributed by atoms with Crippen molar-refractivity contribution in [1.82, 2.24) is 0 Å². The Hall–Kier alpha value is -3.80. The third kappa shape index (κ3) is 5.59. The van der Waals surface area contributed by atoms with Gasteiger partial charge in [-0.25, -0.2) is 0 Å². The highest BCUT2D eigenvalue weighted by Gasteiger charge is 2.12. The molecule has 0 aliphatic rings. The molecule has 0 aliphatic carbocycles. The van der Waals surface area contributed by atoms with Gasteiger partial charge in [-0.15, -0.1) is 0 Å². The molecule has 0 radical (unpaired) electrons. The second-order valence-corrected chi connectivity index (χ2v) is 6.50. The molecule has 2 amide bonds. The minimum Gasteiger partial charge on any atom is -0.497 e. The van der Waals surface area contributed by atoms with E-state index in [9.17, 15) is 9.59 Å². The van der Waals surface area contributed by atoms with E-state index in [1.54, 1.807) is 49.6 Å². The van der Waals surface area contributed by atoms with Gasteiger partial charge in [0.25, 0.3) is 5.91 Å². The summed E-state index contributed by atoms with van der Waals surface area (Å²) in [7, 11) is 1.59. The SMILES string of the molecule is COc1ccc(NC(=O)c2ccccc2NCC(=O)Nc2ccc(C)cc2)cc1. The Morgan fingerprint density at radius 3 is 2.14 bits per heavy atom. The van der Waals surface area contributed by atoms with Gasteiger partial charge in [-0.2, -0.15) is 0 Å². The van der Waals surface area contributed by atoms with Gasteiger partial charge in [0, 0.05) is 17.1 Å². The van der Waals surface area contributed by atoms with Crippen LogP contribution in [-0.4, -0.2) is 25.5 Å². The van der Waals surface area contributed by atoms with Crippen LogP contribution in [0.2, 0.25) is 0 Å². The van der Waals surface area contributed by atoms with Crippen molar-refractivity contribution in [3.63, 3.8) is 0 Å². The number of carbonyl (C=O) groups is 2. The molecule has 6 heteroatoms. The fourth-order valence-corrected chi connectivity index (χ4v) is 2.73. The lowest BCUT2D eigenvalue weighted by molar-refractivity contribution is -0.114. The molecule has 0 bridgehead atoms. The van der Waals surface area contributed by atoms with Gasteiger partial charge in [0.2, 0.25) is 5.91 Å². The Labute approximate surface area is 169 Å². The molecule has 3 aromatic carbocycles. The van der Waals surface area contributed by atoms with Gasteiger partial charge in [0.05, 0.1) is 19.2 Å². The molecule has 0 saturated heterocycles. The third-order valence-corrected chi connectivity index (χ3v) is 4.29.